The van der Waals surface area contributed by atoms with Crippen LogP contribution in [0.1, 0.15) is 37.1 Å². The molecule has 174 valence electrons. The molecule has 6 nitrogen and oxygen atoms in total. The number of carbonyl (C=O) groups is 1. The summed E-state index contributed by atoms with van der Waals surface area (Å²) in [4.78, 5) is 18.8. The zero-order valence-corrected chi connectivity index (χ0v) is 18.9. The van der Waals surface area contributed by atoms with Gasteiger partial charge in [0.05, 0.1) is 5.56 Å². The lowest BCUT2D eigenvalue weighted by molar-refractivity contribution is -0.121. The van der Waals surface area contributed by atoms with Gasteiger partial charge in [0.2, 0.25) is 17.6 Å². The molecule has 33 heavy (non-hydrogen) atoms. The number of likely N-dealkylation sites (tertiary alicyclic amines) is 1. The zero-order valence-electron chi connectivity index (χ0n) is 18.9. The third-order valence-electron chi connectivity index (χ3n) is 6.20. The number of benzene rings is 2. The smallest absolute Gasteiger partial charge is 0.227 e. The van der Waals surface area contributed by atoms with Crippen LogP contribution in [0.3, 0.4) is 0 Å². The highest BCUT2D eigenvalue weighted by Crippen LogP contribution is 2.22. The Bertz CT molecular complexity index is 1020. The maximum Gasteiger partial charge on any atom is 0.227 e. The highest BCUT2D eigenvalue weighted by atomic mass is 19.1. The summed E-state index contributed by atoms with van der Waals surface area (Å²) in [5.74, 6) is 0.870. The molecule has 0 bridgehead atoms. The lowest BCUT2D eigenvalue weighted by Crippen LogP contribution is -2.36. The third-order valence-corrected chi connectivity index (χ3v) is 6.20. The van der Waals surface area contributed by atoms with Crippen LogP contribution in [0.15, 0.2) is 59.1 Å². The molecule has 2 aromatic carbocycles. The molecule has 1 aliphatic heterocycles. The molecule has 1 aromatic heterocycles. The maximum atomic E-state index is 13.8. The molecule has 0 radical (unpaired) electrons. The fourth-order valence-electron chi connectivity index (χ4n) is 4.31. The minimum Gasteiger partial charge on any atom is -0.356 e. The largest absolute Gasteiger partial charge is 0.356 e. The summed E-state index contributed by atoms with van der Waals surface area (Å²) >= 11 is 0. The van der Waals surface area contributed by atoms with Crippen molar-refractivity contribution in [3.05, 3.63) is 71.9 Å². The van der Waals surface area contributed by atoms with E-state index in [4.69, 9.17) is 4.52 Å². The van der Waals surface area contributed by atoms with E-state index in [1.165, 1.54) is 30.9 Å². The van der Waals surface area contributed by atoms with Gasteiger partial charge in [-0.1, -0.05) is 47.6 Å². The Labute approximate surface area is 194 Å². The molecule has 0 atom stereocenters. The van der Waals surface area contributed by atoms with Crippen LogP contribution in [0.2, 0.25) is 0 Å². The van der Waals surface area contributed by atoms with Crippen molar-refractivity contribution in [1.82, 2.24) is 20.4 Å². The van der Waals surface area contributed by atoms with Gasteiger partial charge in [0.1, 0.15) is 5.82 Å². The number of piperidine rings is 1. The fraction of sp³-hybridized carbons (Fsp3) is 0.423. The number of nitrogens with one attached hydrogen (secondary N) is 1. The summed E-state index contributed by atoms with van der Waals surface area (Å²) < 4.78 is 19.0. The zero-order chi connectivity index (χ0) is 22.9. The minimum absolute atomic E-state index is 0.0396. The van der Waals surface area contributed by atoms with E-state index in [9.17, 15) is 9.18 Å². The van der Waals surface area contributed by atoms with Crippen LogP contribution >= 0.6 is 0 Å². The molecule has 1 fully saturated rings. The molecule has 1 amide bonds. The number of hydrogen-bond donors (Lipinski definition) is 1. The molecule has 0 aliphatic carbocycles. The van der Waals surface area contributed by atoms with E-state index in [0.29, 0.717) is 24.4 Å². The van der Waals surface area contributed by atoms with Gasteiger partial charge < -0.3 is 14.7 Å². The van der Waals surface area contributed by atoms with Crippen LogP contribution in [-0.2, 0) is 17.6 Å². The summed E-state index contributed by atoms with van der Waals surface area (Å²) in [5, 5.41) is 6.78. The quantitative estimate of drug-likeness (QED) is 0.467. The fourth-order valence-corrected chi connectivity index (χ4v) is 4.31. The van der Waals surface area contributed by atoms with Crippen molar-refractivity contribution >= 4 is 5.91 Å². The van der Waals surface area contributed by atoms with Crippen molar-refractivity contribution < 1.29 is 13.7 Å². The van der Waals surface area contributed by atoms with Crippen molar-refractivity contribution in [2.45, 2.75) is 38.5 Å². The topological polar surface area (TPSA) is 71.3 Å². The summed E-state index contributed by atoms with van der Waals surface area (Å²) in [6.45, 7) is 3.93. The molecule has 0 unspecified atom stereocenters. The number of rotatable bonds is 10. The summed E-state index contributed by atoms with van der Waals surface area (Å²) in [5.41, 5.74) is 1.73. The molecule has 4 rings (SSSR count). The Kier molecular flexibility index (Phi) is 8.19. The summed E-state index contributed by atoms with van der Waals surface area (Å²) in [6.07, 6.45) is 5.19. The van der Waals surface area contributed by atoms with E-state index in [0.717, 1.165) is 32.0 Å². The standard InChI is InChI=1S/C26H31FN4O2/c27-23-10-5-4-9-22(23)26-29-25(33-30-26)12-11-24(32)28-15-6-16-31-17-13-21(14-18-31)19-20-7-2-1-3-8-20/h1-5,7-10,21H,6,11-19H2,(H,28,32). The lowest BCUT2D eigenvalue weighted by atomic mass is 9.90. The lowest BCUT2D eigenvalue weighted by Gasteiger charge is -2.32. The molecule has 3 aromatic rings. The Balaban J connectivity index is 1.09. The van der Waals surface area contributed by atoms with Crippen molar-refractivity contribution in [2.75, 3.05) is 26.2 Å². The van der Waals surface area contributed by atoms with E-state index < -0.39 is 5.82 Å². The second-order valence-corrected chi connectivity index (χ2v) is 8.67. The second kappa shape index (κ2) is 11.7. The number of aromatic nitrogens is 2. The Morgan fingerprint density at radius 3 is 2.64 bits per heavy atom. The number of nitrogens with zero attached hydrogens (tertiary/aromatic N) is 3. The average molecular weight is 451 g/mol. The minimum atomic E-state index is -0.400. The van der Waals surface area contributed by atoms with E-state index >= 15 is 0 Å². The monoisotopic (exact) mass is 450 g/mol. The van der Waals surface area contributed by atoms with Crippen LogP contribution in [0, 0.1) is 11.7 Å². The van der Waals surface area contributed by atoms with Gasteiger partial charge >= 0.3 is 0 Å². The van der Waals surface area contributed by atoms with Gasteiger partial charge in [-0.2, -0.15) is 4.98 Å². The first kappa shape index (κ1) is 23.1. The van der Waals surface area contributed by atoms with Gasteiger partial charge in [-0.15, -0.1) is 0 Å². The van der Waals surface area contributed by atoms with Crippen molar-refractivity contribution in [3.8, 4) is 11.4 Å². The predicted octanol–water partition coefficient (Wildman–Crippen LogP) is 4.27. The Morgan fingerprint density at radius 1 is 1.09 bits per heavy atom. The number of halogens is 1. The van der Waals surface area contributed by atoms with Crippen LogP contribution in [0.5, 0.6) is 0 Å². The predicted molar refractivity (Wildman–Crippen MR) is 125 cm³/mol. The number of aryl methyl sites for hydroxylation is 1. The Morgan fingerprint density at radius 2 is 1.85 bits per heavy atom. The van der Waals surface area contributed by atoms with Crippen LogP contribution in [0.25, 0.3) is 11.4 Å². The first-order valence-electron chi connectivity index (χ1n) is 11.8. The van der Waals surface area contributed by atoms with E-state index in [-0.39, 0.29) is 18.2 Å². The highest BCUT2D eigenvalue weighted by molar-refractivity contribution is 5.76. The van der Waals surface area contributed by atoms with Gasteiger partial charge in [-0.05, 0) is 68.9 Å². The first-order chi connectivity index (χ1) is 16.2. The maximum absolute atomic E-state index is 13.8. The molecule has 0 saturated carbocycles. The molecule has 2 heterocycles. The number of carbonyl (C=O) groups excluding carboxylic acids is 1. The van der Waals surface area contributed by atoms with Crippen LogP contribution in [0.4, 0.5) is 4.39 Å². The summed E-state index contributed by atoms with van der Waals surface area (Å²) in [7, 11) is 0. The number of hydrogen-bond acceptors (Lipinski definition) is 5. The van der Waals surface area contributed by atoms with Gasteiger partial charge in [-0.25, -0.2) is 4.39 Å². The first-order valence-corrected chi connectivity index (χ1v) is 11.8. The third kappa shape index (κ3) is 6.96. The molecule has 1 N–H and O–H groups in total. The van der Waals surface area contributed by atoms with Gasteiger partial charge in [0.25, 0.3) is 0 Å². The van der Waals surface area contributed by atoms with Crippen LogP contribution < -0.4 is 5.32 Å². The molecular weight excluding hydrogens is 419 g/mol. The van der Waals surface area contributed by atoms with Crippen molar-refractivity contribution in [2.24, 2.45) is 5.92 Å². The highest BCUT2D eigenvalue weighted by Gasteiger charge is 2.19. The van der Waals surface area contributed by atoms with Crippen molar-refractivity contribution in [1.29, 1.82) is 0 Å². The van der Waals surface area contributed by atoms with Crippen LogP contribution in [-0.4, -0.2) is 47.1 Å². The molecule has 7 heteroatoms. The van der Waals surface area contributed by atoms with E-state index in [2.05, 4.69) is 50.7 Å². The van der Waals surface area contributed by atoms with Gasteiger partial charge in [0.15, 0.2) is 0 Å². The summed E-state index contributed by atoms with van der Waals surface area (Å²) in [6, 6.07) is 17.0. The van der Waals surface area contributed by atoms with E-state index in [1.807, 2.05) is 0 Å². The molecule has 1 aliphatic rings. The SMILES string of the molecule is O=C(CCc1nc(-c2ccccc2F)no1)NCCCN1CCC(Cc2ccccc2)CC1. The van der Waals surface area contributed by atoms with Gasteiger partial charge in [-0.3, -0.25) is 4.79 Å². The number of amides is 1. The second-order valence-electron chi connectivity index (χ2n) is 8.67. The van der Waals surface area contributed by atoms with E-state index in [1.54, 1.807) is 18.2 Å². The molecular formula is C26H31FN4O2. The van der Waals surface area contributed by atoms with Gasteiger partial charge in [0, 0.05) is 19.4 Å². The molecule has 1 saturated heterocycles. The van der Waals surface area contributed by atoms with Crippen molar-refractivity contribution in [3.63, 3.8) is 0 Å². The average Bonchev–Trinajstić information content (AvgIpc) is 3.31. The Hall–Kier alpha value is -3.06. The normalized spacial score (nSPS) is 14.9. The molecule has 0 spiro atoms.